The van der Waals surface area contributed by atoms with E-state index in [9.17, 15) is 9.18 Å². The van der Waals surface area contributed by atoms with Gasteiger partial charge in [-0.25, -0.2) is 4.39 Å². The van der Waals surface area contributed by atoms with Crippen molar-refractivity contribution in [3.05, 3.63) is 24.3 Å². The molecule has 1 aromatic carbocycles. The second-order valence-electron chi connectivity index (χ2n) is 3.71. The molecule has 0 spiro atoms. The number of carbonyl (C=O) groups is 1. The Kier molecular flexibility index (Phi) is 6.79. The third-order valence-electron chi connectivity index (χ3n) is 2.24. The van der Waals surface area contributed by atoms with Crippen LogP contribution in [0.5, 0.6) is 5.75 Å². The van der Waals surface area contributed by atoms with Crippen molar-refractivity contribution in [3.63, 3.8) is 0 Å². The van der Waals surface area contributed by atoms with E-state index in [0.29, 0.717) is 30.9 Å². The zero-order valence-corrected chi connectivity index (χ0v) is 10.4. The minimum absolute atomic E-state index is 0.0444. The van der Waals surface area contributed by atoms with Gasteiger partial charge < -0.3 is 14.8 Å². The summed E-state index contributed by atoms with van der Waals surface area (Å²) >= 11 is 0. The first kappa shape index (κ1) is 14.4. The summed E-state index contributed by atoms with van der Waals surface area (Å²) in [6.45, 7) is 0.101. The van der Waals surface area contributed by atoms with Gasteiger partial charge in [-0.1, -0.05) is 0 Å². The predicted octanol–water partition coefficient (Wildman–Crippen LogP) is 2.40. The van der Waals surface area contributed by atoms with Crippen LogP contribution in [-0.4, -0.2) is 32.9 Å². The lowest BCUT2D eigenvalue weighted by Crippen LogP contribution is -2.12. The first-order valence-electron chi connectivity index (χ1n) is 5.84. The van der Waals surface area contributed by atoms with Crippen LogP contribution < -0.4 is 10.1 Å². The molecule has 4 nitrogen and oxygen atoms in total. The number of rotatable bonds is 8. The molecule has 5 heteroatoms. The van der Waals surface area contributed by atoms with Gasteiger partial charge in [-0.2, -0.15) is 0 Å². The van der Waals surface area contributed by atoms with Gasteiger partial charge in [-0.3, -0.25) is 4.79 Å². The Morgan fingerprint density at radius 1 is 1.28 bits per heavy atom. The summed E-state index contributed by atoms with van der Waals surface area (Å²) in [5.74, 6) is 0.537. The molecule has 0 radical (unpaired) electrons. The Balaban J connectivity index is 2.35. The van der Waals surface area contributed by atoms with E-state index in [-0.39, 0.29) is 12.5 Å². The van der Waals surface area contributed by atoms with Gasteiger partial charge in [0, 0.05) is 25.8 Å². The van der Waals surface area contributed by atoms with Gasteiger partial charge in [0.15, 0.2) is 0 Å². The maximum Gasteiger partial charge on any atom is 0.224 e. The molecule has 0 aliphatic rings. The smallest absolute Gasteiger partial charge is 0.224 e. The molecule has 0 aromatic heterocycles. The van der Waals surface area contributed by atoms with Crippen molar-refractivity contribution in [2.24, 2.45) is 0 Å². The summed E-state index contributed by atoms with van der Waals surface area (Å²) in [4.78, 5) is 11.5. The van der Waals surface area contributed by atoms with E-state index < -0.39 is 6.67 Å². The molecule has 0 fully saturated rings. The first-order chi connectivity index (χ1) is 8.76. The first-order valence-corrected chi connectivity index (χ1v) is 5.84. The van der Waals surface area contributed by atoms with Crippen LogP contribution >= 0.6 is 0 Å². The molecule has 18 heavy (non-hydrogen) atoms. The monoisotopic (exact) mass is 255 g/mol. The zero-order valence-electron chi connectivity index (χ0n) is 10.4. The van der Waals surface area contributed by atoms with Crippen LogP contribution in [0.1, 0.15) is 12.8 Å². The maximum absolute atomic E-state index is 11.9. The zero-order chi connectivity index (χ0) is 13.2. The minimum atomic E-state index is -0.516. The standard InChI is InChI=1S/C13H18FNO3/c1-17-9-2-3-13(16)15-11-4-6-12(7-5-11)18-10-8-14/h4-7H,2-3,8-10H2,1H3,(H,15,16). The fourth-order valence-electron chi connectivity index (χ4n) is 1.39. The third kappa shape index (κ3) is 5.63. The van der Waals surface area contributed by atoms with E-state index in [1.54, 1.807) is 31.4 Å². The van der Waals surface area contributed by atoms with Crippen LogP contribution in [0.15, 0.2) is 24.3 Å². The number of amides is 1. The van der Waals surface area contributed by atoms with Gasteiger partial charge in [-0.15, -0.1) is 0 Å². The Morgan fingerprint density at radius 3 is 2.61 bits per heavy atom. The normalized spacial score (nSPS) is 10.1. The maximum atomic E-state index is 11.9. The average molecular weight is 255 g/mol. The van der Waals surface area contributed by atoms with Crippen molar-refractivity contribution in [2.75, 3.05) is 32.3 Å². The lowest BCUT2D eigenvalue weighted by molar-refractivity contribution is -0.116. The van der Waals surface area contributed by atoms with Gasteiger partial charge in [0.05, 0.1) is 0 Å². The summed E-state index contributed by atoms with van der Waals surface area (Å²) in [6, 6.07) is 6.84. The number of hydrogen-bond acceptors (Lipinski definition) is 3. The number of hydrogen-bond donors (Lipinski definition) is 1. The predicted molar refractivity (Wildman–Crippen MR) is 67.7 cm³/mol. The van der Waals surface area contributed by atoms with Gasteiger partial charge >= 0.3 is 0 Å². The molecule has 1 amide bonds. The van der Waals surface area contributed by atoms with Crippen LogP contribution in [0.4, 0.5) is 10.1 Å². The van der Waals surface area contributed by atoms with Gasteiger partial charge in [0.1, 0.15) is 19.0 Å². The van der Waals surface area contributed by atoms with Crippen LogP contribution in [0, 0.1) is 0 Å². The molecule has 0 aliphatic carbocycles. The lowest BCUT2D eigenvalue weighted by Gasteiger charge is -2.07. The van der Waals surface area contributed by atoms with E-state index >= 15 is 0 Å². The number of alkyl halides is 1. The number of methoxy groups -OCH3 is 1. The highest BCUT2D eigenvalue weighted by molar-refractivity contribution is 5.90. The molecule has 100 valence electrons. The Hall–Kier alpha value is -1.62. The van der Waals surface area contributed by atoms with E-state index in [1.807, 2.05) is 0 Å². The second kappa shape index (κ2) is 8.47. The van der Waals surface area contributed by atoms with Crippen molar-refractivity contribution in [3.8, 4) is 5.75 Å². The molecule has 0 bridgehead atoms. The molecule has 1 aromatic rings. The van der Waals surface area contributed by atoms with Gasteiger partial charge in [-0.05, 0) is 30.7 Å². The number of benzene rings is 1. The largest absolute Gasteiger partial charge is 0.491 e. The summed E-state index contributed by atoms with van der Waals surface area (Å²) in [5.41, 5.74) is 0.699. The van der Waals surface area contributed by atoms with Crippen LogP contribution in [0.25, 0.3) is 0 Å². The summed E-state index contributed by atoms with van der Waals surface area (Å²) in [5, 5.41) is 2.76. The van der Waals surface area contributed by atoms with Crippen LogP contribution in [-0.2, 0) is 9.53 Å². The third-order valence-corrected chi connectivity index (χ3v) is 2.24. The fourth-order valence-corrected chi connectivity index (χ4v) is 1.39. The number of anilines is 1. The van der Waals surface area contributed by atoms with Crippen LogP contribution in [0.2, 0.25) is 0 Å². The molecule has 0 aliphatic heterocycles. The summed E-state index contributed by atoms with van der Waals surface area (Å²) in [6.07, 6.45) is 1.12. The van der Waals surface area contributed by atoms with E-state index in [2.05, 4.69) is 5.32 Å². The molecule has 0 unspecified atom stereocenters. The number of carbonyl (C=O) groups excluding carboxylic acids is 1. The Morgan fingerprint density at radius 2 is 2.00 bits per heavy atom. The molecule has 1 N–H and O–H groups in total. The minimum Gasteiger partial charge on any atom is -0.491 e. The van der Waals surface area contributed by atoms with Crippen molar-refractivity contribution < 1.29 is 18.7 Å². The summed E-state index contributed by atoms with van der Waals surface area (Å²) in [7, 11) is 1.61. The number of ether oxygens (including phenoxy) is 2. The molecular formula is C13H18FNO3. The SMILES string of the molecule is COCCCC(=O)Nc1ccc(OCCF)cc1. The Labute approximate surface area is 106 Å². The molecule has 0 atom stereocenters. The van der Waals surface area contributed by atoms with Crippen LogP contribution in [0.3, 0.4) is 0 Å². The molecule has 0 saturated carbocycles. The van der Waals surface area contributed by atoms with E-state index in [0.717, 1.165) is 0 Å². The quantitative estimate of drug-likeness (QED) is 0.726. The summed E-state index contributed by atoms with van der Waals surface area (Å²) < 4.78 is 21.8. The highest BCUT2D eigenvalue weighted by Crippen LogP contribution is 2.15. The number of nitrogens with one attached hydrogen (secondary N) is 1. The van der Waals surface area contributed by atoms with Crippen molar-refractivity contribution in [1.82, 2.24) is 0 Å². The van der Waals surface area contributed by atoms with Crippen molar-refractivity contribution in [1.29, 1.82) is 0 Å². The van der Waals surface area contributed by atoms with Gasteiger partial charge in [0.2, 0.25) is 5.91 Å². The van der Waals surface area contributed by atoms with Crippen molar-refractivity contribution in [2.45, 2.75) is 12.8 Å². The molecule has 0 saturated heterocycles. The number of halogens is 1. The molecule has 1 rings (SSSR count). The van der Waals surface area contributed by atoms with E-state index in [4.69, 9.17) is 9.47 Å². The van der Waals surface area contributed by atoms with Gasteiger partial charge in [0.25, 0.3) is 0 Å². The highest BCUT2D eigenvalue weighted by Gasteiger charge is 2.02. The second-order valence-corrected chi connectivity index (χ2v) is 3.71. The fraction of sp³-hybridized carbons (Fsp3) is 0.462. The topological polar surface area (TPSA) is 47.6 Å². The highest BCUT2D eigenvalue weighted by atomic mass is 19.1. The molecule has 0 heterocycles. The Bertz CT molecular complexity index is 354. The van der Waals surface area contributed by atoms with Crippen molar-refractivity contribution >= 4 is 11.6 Å². The average Bonchev–Trinajstić information content (AvgIpc) is 2.38. The van der Waals surface area contributed by atoms with E-state index in [1.165, 1.54) is 0 Å². The molecular weight excluding hydrogens is 237 g/mol. The lowest BCUT2D eigenvalue weighted by atomic mass is 10.2.